The molecule has 2 amide bonds. The minimum Gasteiger partial charge on any atom is -0.353 e. The third-order valence-corrected chi connectivity index (χ3v) is 5.56. The first-order valence-electron chi connectivity index (χ1n) is 10.0. The van der Waals surface area contributed by atoms with E-state index >= 15 is 0 Å². The Kier molecular flexibility index (Phi) is 5.71. The molecule has 2 aliphatic rings. The van der Waals surface area contributed by atoms with E-state index in [4.69, 9.17) is 0 Å². The van der Waals surface area contributed by atoms with Crippen molar-refractivity contribution in [2.45, 2.75) is 0 Å². The third-order valence-electron chi connectivity index (χ3n) is 5.56. The normalized spacial score (nSPS) is 18.0. The molecule has 4 heterocycles. The average molecular weight is 394 g/mol. The highest BCUT2D eigenvalue weighted by Crippen LogP contribution is 2.15. The Balaban J connectivity index is 1.39. The summed E-state index contributed by atoms with van der Waals surface area (Å²) in [5, 5.41) is 0. The fraction of sp³-hybridized carbons (Fsp3) is 0.429. The number of hydrogen-bond donors (Lipinski definition) is 0. The summed E-state index contributed by atoms with van der Waals surface area (Å²) >= 11 is 0. The van der Waals surface area contributed by atoms with Crippen molar-refractivity contribution in [3.05, 3.63) is 54.0 Å². The van der Waals surface area contributed by atoms with E-state index in [0.29, 0.717) is 37.4 Å². The van der Waals surface area contributed by atoms with Gasteiger partial charge in [0.1, 0.15) is 11.5 Å². The van der Waals surface area contributed by atoms with Crippen LogP contribution in [-0.2, 0) is 0 Å². The molecule has 8 nitrogen and oxygen atoms in total. The summed E-state index contributed by atoms with van der Waals surface area (Å²) in [5.74, 6) is 0.769. The lowest BCUT2D eigenvalue weighted by molar-refractivity contribution is 0.0664. The minimum atomic E-state index is -0.126. The van der Waals surface area contributed by atoms with Crippen molar-refractivity contribution < 1.29 is 9.59 Å². The van der Waals surface area contributed by atoms with Crippen molar-refractivity contribution in [1.29, 1.82) is 0 Å². The second kappa shape index (κ2) is 8.57. The molecule has 0 atom stereocenters. The maximum absolute atomic E-state index is 12.9. The van der Waals surface area contributed by atoms with Gasteiger partial charge in [-0.3, -0.25) is 14.6 Å². The molecule has 2 aromatic rings. The maximum atomic E-state index is 12.9. The van der Waals surface area contributed by atoms with Crippen LogP contribution in [0.5, 0.6) is 0 Å². The predicted molar refractivity (Wildman–Crippen MR) is 110 cm³/mol. The number of amides is 2. The standard InChI is InChI=1S/C21H26N6O2/c1-24-8-10-26(11-9-24)20(28)17-5-7-22-18(16-17)21(29)27-14-12-25(13-15-27)19-4-2-3-6-23-19/h2-7,16H,8-15H2,1H3. The summed E-state index contributed by atoms with van der Waals surface area (Å²) in [7, 11) is 2.05. The number of nitrogens with zero attached hydrogens (tertiary/aromatic N) is 6. The monoisotopic (exact) mass is 394 g/mol. The molecule has 2 saturated heterocycles. The van der Waals surface area contributed by atoms with Gasteiger partial charge in [0.05, 0.1) is 0 Å². The lowest BCUT2D eigenvalue weighted by Crippen LogP contribution is -2.49. The predicted octanol–water partition coefficient (Wildman–Crippen LogP) is 0.827. The molecule has 0 spiro atoms. The largest absolute Gasteiger partial charge is 0.353 e. The van der Waals surface area contributed by atoms with Crippen LogP contribution in [0.4, 0.5) is 5.82 Å². The van der Waals surface area contributed by atoms with Gasteiger partial charge in [-0.25, -0.2) is 4.98 Å². The minimum absolute atomic E-state index is 0.0329. The van der Waals surface area contributed by atoms with Crippen molar-refractivity contribution in [3.63, 3.8) is 0 Å². The van der Waals surface area contributed by atoms with Gasteiger partial charge in [-0.15, -0.1) is 0 Å². The number of likely N-dealkylation sites (N-methyl/N-ethyl adjacent to an activating group) is 1. The first-order valence-corrected chi connectivity index (χ1v) is 10.0. The Bertz CT molecular complexity index is 858. The quantitative estimate of drug-likeness (QED) is 0.768. The van der Waals surface area contributed by atoms with Crippen LogP contribution in [-0.4, -0.2) is 95.9 Å². The van der Waals surface area contributed by atoms with Crippen molar-refractivity contribution in [2.24, 2.45) is 0 Å². The van der Waals surface area contributed by atoms with Gasteiger partial charge in [-0.2, -0.15) is 0 Å². The zero-order valence-corrected chi connectivity index (χ0v) is 16.7. The number of piperazine rings is 2. The Labute approximate surface area is 170 Å². The summed E-state index contributed by atoms with van der Waals surface area (Å²) in [6.07, 6.45) is 3.33. The third kappa shape index (κ3) is 4.37. The molecule has 2 aliphatic heterocycles. The molecule has 4 rings (SSSR count). The number of pyridine rings is 2. The number of aromatic nitrogens is 2. The van der Waals surface area contributed by atoms with E-state index in [2.05, 4.69) is 26.8 Å². The van der Waals surface area contributed by atoms with Gasteiger partial charge in [-0.05, 0) is 31.3 Å². The van der Waals surface area contributed by atoms with E-state index in [9.17, 15) is 9.59 Å². The Morgan fingerprint density at radius 2 is 1.48 bits per heavy atom. The smallest absolute Gasteiger partial charge is 0.272 e. The van der Waals surface area contributed by atoms with Gasteiger partial charge < -0.3 is 19.6 Å². The van der Waals surface area contributed by atoms with Gasteiger partial charge in [0.25, 0.3) is 11.8 Å². The van der Waals surface area contributed by atoms with E-state index in [-0.39, 0.29) is 11.8 Å². The van der Waals surface area contributed by atoms with Crippen LogP contribution < -0.4 is 4.90 Å². The van der Waals surface area contributed by atoms with E-state index in [0.717, 1.165) is 32.0 Å². The zero-order chi connectivity index (χ0) is 20.2. The molecule has 152 valence electrons. The van der Waals surface area contributed by atoms with Crippen LogP contribution in [0.2, 0.25) is 0 Å². The molecule has 29 heavy (non-hydrogen) atoms. The molecule has 0 aromatic carbocycles. The Morgan fingerprint density at radius 3 is 2.17 bits per heavy atom. The zero-order valence-electron chi connectivity index (χ0n) is 16.7. The van der Waals surface area contributed by atoms with Gasteiger partial charge >= 0.3 is 0 Å². The van der Waals surface area contributed by atoms with E-state index in [1.165, 1.54) is 0 Å². The van der Waals surface area contributed by atoms with Crippen molar-refractivity contribution in [3.8, 4) is 0 Å². The summed E-state index contributed by atoms with van der Waals surface area (Å²) in [6, 6.07) is 9.16. The highest BCUT2D eigenvalue weighted by molar-refractivity contribution is 5.98. The Hall–Kier alpha value is -3.00. The fourth-order valence-corrected chi connectivity index (χ4v) is 3.71. The van der Waals surface area contributed by atoms with Crippen molar-refractivity contribution >= 4 is 17.6 Å². The number of hydrogen-bond acceptors (Lipinski definition) is 6. The number of anilines is 1. The average Bonchev–Trinajstić information content (AvgIpc) is 2.79. The van der Waals surface area contributed by atoms with E-state index in [1.54, 1.807) is 29.4 Å². The van der Waals surface area contributed by atoms with Crippen LogP contribution in [0.3, 0.4) is 0 Å². The highest BCUT2D eigenvalue weighted by Gasteiger charge is 2.25. The first kappa shape index (κ1) is 19.3. The SMILES string of the molecule is CN1CCN(C(=O)c2ccnc(C(=O)N3CCN(c4ccccn4)CC3)c2)CC1. The first-order chi connectivity index (χ1) is 14.1. The van der Waals surface area contributed by atoms with E-state index < -0.39 is 0 Å². The maximum Gasteiger partial charge on any atom is 0.272 e. The number of rotatable bonds is 3. The highest BCUT2D eigenvalue weighted by atomic mass is 16.2. The molecule has 0 aliphatic carbocycles. The molecule has 2 fully saturated rings. The van der Waals surface area contributed by atoms with Crippen molar-refractivity contribution in [2.75, 3.05) is 64.3 Å². The fourth-order valence-electron chi connectivity index (χ4n) is 3.71. The van der Waals surface area contributed by atoms with Crippen LogP contribution in [0.15, 0.2) is 42.7 Å². The van der Waals surface area contributed by atoms with Crippen LogP contribution in [0.25, 0.3) is 0 Å². The molecule has 0 N–H and O–H groups in total. The number of carbonyl (C=O) groups is 2. The van der Waals surface area contributed by atoms with Gasteiger partial charge in [-0.1, -0.05) is 6.07 Å². The van der Waals surface area contributed by atoms with Crippen LogP contribution >= 0.6 is 0 Å². The molecule has 0 radical (unpaired) electrons. The van der Waals surface area contributed by atoms with E-state index in [1.807, 2.05) is 23.1 Å². The van der Waals surface area contributed by atoms with Crippen molar-refractivity contribution in [1.82, 2.24) is 24.7 Å². The molecule has 8 heteroatoms. The molecule has 0 unspecified atom stereocenters. The molecular weight excluding hydrogens is 368 g/mol. The second-order valence-electron chi connectivity index (χ2n) is 7.49. The van der Waals surface area contributed by atoms with Gasteiger partial charge in [0.2, 0.25) is 0 Å². The van der Waals surface area contributed by atoms with Gasteiger partial charge in [0.15, 0.2) is 0 Å². The second-order valence-corrected chi connectivity index (χ2v) is 7.49. The number of carbonyl (C=O) groups excluding carboxylic acids is 2. The lowest BCUT2D eigenvalue weighted by Gasteiger charge is -2.35. The lowest BCUT2D eigenvalue weighted by atomic mass is 10.1. The van der Waals surface area contributed by atoms with Crippen LogP contribution in [0, 0.1) is 0 Å². The van der Waals surface area contributed by atoms with Gasteiger partial charge in [0, 0.05) is 70.3 Å². The topological polar surface area (TPSA) is 72.9 Å². The molecule has 0 bridgehead atoms. The van der Waals surface area contributed by atoms with Crippen LogP contribution in [0.1, 0.15) is 20.8 Å². The molecule has 0 saturated carbocycles. The molecular formula is C21H26N6O2. The summed E-state index contributed by atoms with van der Waals surface area (Å²) < 4.78 is 0. The molecule has 2 aromatic heterocycles. The summed E-state index contributed by atoms with van der Waals surface area (Å²) in [6.45, 7) is 5.80. The summed E-state index contributed by atoms with van der Waals surface area (Å²) in [4.78, 5) is 42.4. The Morgan fingerprint density at radius 1 is 0.793 bits per heavy atom. The summed E-state index contributed by atoms with van der Waals surface area (Å²) in [5.41, 5.74) is 0.858.